The Morgan fingerprint density at radius 1 is 0.833 bits per heavy atom. The topological polar surface area (TPSA) is 106 Å². The van der Waals surface area contributed by atoms with E-state index in [-0.39, 0.29) is 11.7 Å². The third kappa shape index (κ3) is 4.89. The van der Waals surface area contributed by atoms with Crippen molar-refractivity contribution in [2.24, 2.45) is 0 Å². The van der Waals surface area contributed by atoms with E-state index in [0.717, 1.165) is 22.4 Å². The van der Waals surface area contributed by atoms with E-state index in [2.05, 4.69) is 15.4 Å². The lowest BCUT2D eigenvalue weighted by Gasteiger charge is -2.35. The average molecular weight is 569 g/mol. The predicted molar refractivity (Wildman–Crippen MR) is 156 cm³/mol. The molecule has 2 atom stereocenters. The number of ketones is 1. The number of hydrogen-bond acceptors (Lipinski definition) is 9. The first kappa shape index (κ1) is 27.2. The lowest BCUT2D eigenvalue weighted by Crippen LogP contribution is -2.33. The number of methoxy groups -OCH3 is 4. The molecule has 0 unspecified atom stereocenters. The van der Waals surface area contributed by atoms with E-state index in [0.29, 0.717) is 59.7 Å². The Labute approximate surface area is 243 Å². The van der Waals surface area contributed by atoms with Gasteiger partial charge >= 0.3 is 0 Å². The molecule has 10 nitrogen and oxygen atoms in total. The van der Waals surface area contributed by atoms with Gasteiger partial charge in [-0.2, -0.15) is 10.1 Å². The number of nitrogens with zero attached hydrogens (tertiary/aromatic N) is 3. The first-order valence-corrected chi connectivity index (χ1v) is 13.6. The van der Waals surface area contributed by atoms with Gasteiger partial charge in [0.25, 0.3) is 0 Å². The molecule has 4 aromatic rings. The van der Waals surface area contributed by atoms with Crippen LogP contribution in [0.15, 0.2) is 78.3 Å². The minimum absolute atomic E-state index is 0.0250. The molecule has 6 rings (SSSR count). The highest BCUT2D eigenvalue weighted by molar-refractivity contribution is 6.00. The Morgan fingerprint density at radius 2 is 1.55 bits per heavy atom. The summed E-state index contributed by atoms with van der Waals surface area (Å²) in [6, 6.07) is 19.0. The maximum Gasteiger partial charge on any atom is 0.226 e. The molecule has 1 aliphatic carbocycles. The maximum atomic E-state index is 13.9. The number of Topliss-reactive ketones (excluding diaryl/α,β-unsaturated/α-hetero) is 1. The zero-order valence-electron chi connectivity index (χ0n) is 23.9. The van der Waals surface area contributed by atoms with Crippen LogP contribution < -0.4 is 29.0 Å². The SMILES string of the molecule is COc1cc([C@@H]2C3=C(C[C@H](c4cc(OC)c(OC)c(OC)c4)CC3=O)Nc3ncnn32)ccc1OCc1ccccc1. The van der Waals surface area contributed by atoms with Crippen molar-refractivity contribution in [1.82, 2.24) is 14.8 Å². The molecular weight excluding hydrogens is 536 g/mol. The van der Waals surface area contributed by atoms with E-state index in [4.69, 9.17) is 23.7 Å². The monoisotopic (exact) mass is 568 g/mol. The molecule has 1 aromatic heterocycles. The molecule has 216 valence electrons. The van der Waals surface area contributed by atoms with Crippen molar-refractivity contribution in [3.05, 3.63) is 95.0 Å². The van der Waals surface area contributed by atoms with E-state index < -0.39 is 6.04 Å². The summed E-state index contributed by atoms with van der Waals surface area (Å²) in [5, 5.41) is 7.85. The fourth-order valence-corrected chi connectivity index (χ4v) is 5.74. The van der Waals surface area contributed by atoms with E-state index in [9.17, 15) is 4.79 Å². The van der Waals surface area contributed by atoms with Crippen molar-refractivity contribution in [2.75, 3.05) is 33.8 Å². The highest BCUT2D eigenvalue weighted by Crippen LogP contribution is 2.47. The van der Waals surface area contributed by atoms with Gasteiger partial charge in [0.15, 0.2) is 28.8 Å². The van der Waals surface area contributed by atoms with Crippen LogP contribution in [-0.2, 0) is 11.4 Å². The molecule has 0 radical (unpaired) electrons. The van der Waals surface area contributed by atoms with Crippen molar-refractivity contribution in [3.63, 3.8) is 0 Å². The highest BCUT2D eigenvalue weighted by Gasteiger charge is 2.40. The Kier molecular flexibility index (Phi) is 7.43. The summed E-state index contributed by atoms with van der Waals surface area (Å²) >= 11 is 0. The number of fused-ring (bicyclic) bond motifs is 1. The first-order valence-electron chi connectivity index (χ1n) is 13.6. The van der Waals surface area contributed by atoms with Gasteiger partial charge < -0.3 is 29.0 Å². The largest absolute Gasteiger partial charge is 0.493 e. The zero-order chi connectivity index (χ0) is 29.2. The molecule has 3 aromatic carbocycles. The molecule has 0 saturated carbocycles. The van der Waals surface area contributed by atoms with Crippen LogP contribution in [0.3, 0.4) is 0 Å². The van der Waals surface area contributed by atoms with Crippen molar-refractivity contribution in [1.29, 1.82) is 0 Å². The number of benzene rings is 3. The molecule has 1 aliphatic heterocycles. The third-order valence-electron chi connectivity index (χ3n) is 7.76. The van der Waals surface area contributed by atoms with E-state index >= 15 is 0 Å². The van der Waals surface area contributed by atoms with Gasteiger partial charge in [-0.15, -0.1) is 0 Å². The molecule has 10 heteroatoms. The number of anilines is 1. The first-order chi connectivity index (χ1) is 20.5. The quantitative estimate of drug-likeness (QED) is 0.288. The van der Waals surface area contributed by atoms with Crippen LogP contribution in [0.4, 0.5) is 5.95 Å². The van der Waals surface area contributed by atoms with Crippen molar-refractivity contribution < 1.29 is 28.5 Å². The van der Waals surface area contributed by atoms with Gasteiger partial charge in [0.05, 0.1) is 28.4 Å². The number of rotatable bonds is 9. The van der Waals surface area contributed by atoms with Gasteiger partial charge in [0, 0.05) is 17.7 Å². The summed E-state index contributed by atoms with van der Waals surface area (Å²) in [5.41, 5.74) is 4.31. The summed E-state index contributed by atoms with van der Waals surface area (Å²) in [7, 11) is 6.34. The Bertz CT molecular complexity index is 1620. The maximum absolute atomic E-state index is 13.9. The van der Waals surface area contributed by atoms with Gasteiger partial charge in [-0.25, -0.2) is 4.68 Å². The summed E-state index contributed by atoms with van der Waals surface area (Å²) in [4.78, 5) is 18.4. The van der Waals surface area contributed by atoms with Gasteiger partial charge in [-0.3, -0.25) is 4.79 Å². The van der Waals surface area contributed by atoms with E-state index in [1.165, 1.54) is 6.33 Å². The van der Waals surface area contributed by atoms with Gasteiger partial charge in [0.2, 0.25) is 11.7 Å². The van der Waals surface area contributed by atoms with Crippen LogP contribution >= 0.6 is 0 Å². The summed E-state index contributed by atoms with van der Waals surface area (Å²) in [5.74, 6) is 3.30. The number of ether oxygens (including phenoxy) is 5. The van der Waals surface area contributed by atoms with Crippen molar-refractivity contribution in [3.8, 4) is 28.7 Å². The van der Waals surface area contributed by atoms with Crippen molar-refractivity contribution in [2.45, 2.75) is 31.4 Å². The van der Waals surface area contributed by atoms with Crippen LogP contribution in [0.25, 0.3) is 0 Å². The van der Waals surface area contributed by atoms with Crippen LogP contribution in [-0.4, -0.2) is 49.0 Å². The lowest BCUT2D eigenvalue weighted by molar-refractivity contribution is -0.116. The Morgan fingerprint density at radius 3 is 2.24 bits per heavy atom. The van der Waals surface area contributed by atoms with Crippen LogP contribution in [0.1, 0.15) is 41.5 Å². The summed E-state index contributed by atoms with van der Waals surface area (Å²) in [6.45, 7) is 0.410. The normalized spacial score (nSPS) is 17.6. The fraction of sp³-hybridized carbons (Fsp3) is 0.281. The molecule has 42 heavy (non-hydrogen) atoms. The molecule has 0 saturated heterocycles. The number of allylic oxidation sites excluding steroid dienone is 2. The molecule has 2 heterocycles. The second-order valence-corrected chi connectivity index (χ2v) is 10.1. The molecule has 0 amide bonds. The van der Waals surface area contributed by atoms with Crippen LogP contribution in [0, 0.1) is 0 Å². The number of hydrogen-bond donors (Lipinski definition) is 1. The minimum Gasteiger partial charge on any atom is -0.493 e. The standard InChI is InChI=1S/C32H32N4O6/c1-38-26-14-20(10-11-25(26)42-17-19-8-6-5-7-9-19)30-29-23(35-32-33-18-34-36(30)32)12-21(13-24(29)37)22-15-27(39-2)31(41-4)28(16-22)40-3/h5-11,14-16,18,21,30H,12-13,17H2,1-4H3,(H,33,34,35)/t21-,30+/m0/s1. The molecule has 0 bridgehead atoms. The highest BCUT2D eigenvalue weighted by atomic mass is 16.5. The van der Waals surface area contributed by atoms with Gasteiger partial charge in [-0.1, -0.05) is 36.4 Å². The molecular formula is C32H32N4O6. The lowest BCUT2D eigenvalue weighted by atomic mass is 9.77. The van der Waals surface area contributed by atoms with E-state index in [1.807, 2.05) is 60.7 Å². The Hall–Kier alpha value is -4.99. The fourth-order valence-electron chi connectivity index (χ4n) is 5.74. The van der Waals surface area contributed by atoms with Gasteiger partial charge in [-0.05, 0) is 53.3 Å². The van der Waals surface area contributed by atoms with Crippen LogP contribution in [0.5, 0.6) is 28.7 Å². The summed E-state index contributed by atoms with van der Waals surface area (Å²) in [6.07, 6.45) is 2.40. The smallest absolute Gasteiger partial charge is 0.226 e. The minimum atomic E-state index is -0.468. The summed E-state index contributed by atoms with van der Waals surface area (Å²) < 4.78 is 30.2. The van der Waals surface area contributed by atoms with Crippen LogP contribution in [0.2, 0.25) is 0 Å². The predicted octanol–water partition coefficient (Wildman–Crippen LogP) is 5.31. The molecule has 1 N–H and O–H groups in total. The van der Waals surface area contributed by atoms with Crippen molar-refractivity contribution >= 4 is 11.7 Å². The van der Waals surface area contributed by atoms with Gasteiger partial charge in [0.1, 0.15) is 19.0 Å². The Balaban J connectivity index is 1.34. The molecule has 2 aliphatic rings. The number of carbonyl (C=O) groups excluding carboxylic acids is 1. The van der Waals surface area contributed by atoms with E-state index in [1.54, 1.807) is 33.1 Å². The molecule has 0 fully saturated rings. The number of aromatic nitrogens is 3. The molecule has 0 spiro atoms. The second-order valence-electron chi connectivity index (χ2n) is 10.1. The zero-order valence-corrected chi connectivity index (χ0v) is 23.9. The number of carbonyl (C=O) groups is 1. The number of nitrogens with one attached hydrogen (secondary N) is 1. The average Bonchev–Trinajstić information content (AvgIpc) is 3.50. The second kappa shape index (κ2) is 11.5. The third-order valence-corrected chi connectivity index (χ3v) is 7.76.